The number of para-hydroxylation sites is 1. The molecule has 23 heavy (non-hydrogen) atoms. The quantitative estimate of drug-likeness (QED) is 0.861. The monoisotopic (exact) mass is 314 g/mol. The minimum absolute atomic E-state index is 0.0386. The van der Waals surface area contributed by atoms with Gasteiger partial charge in [0.2, 0.25) is 5.89 Å². The van der Waals surface area contributed by atoms with Crippen LogP contribution in [0.4, 0.5) is 10.5 Å². The summed E-state index contributed by atoms with van der Waals surface area (Å²) in [7, 11) is 0. The smallest absolute Gasteiger partial charge is 0.321 e. The predicted octanol–water partition coefficient (Wildman–Crippen LogP) is 2.90. The van der Waals surface area contributed by atoms with Crippen LogP contribution in [-0.2, 0) is 12.8 Å². The lowest BCUT2D eigenvalue weighted by Crippen LogP contribution is -2.39. The number of fused-ring (bicyclic) bond motifs is 1. The average Bonchev–Trinajstić information content (AvgIpc) is 3.18. The molecule has 2 aromatic rings. The molecule has 3 rings (SSSR count). The summed E-state index contributed by atoms with van der Waals surface area (Å²) in [6.07, 6.45) is 2.38. The van der Waals surface area contributed by atoms with Crippen LogP contribution in [0.1, 0.15) is 43.5 Å². The van der Waals surface area contributed by atoms with Crippen molar-refractivity contribution < 1.29 is 9.32 Å². The Morgan fingerprint density at radius 1 is 1.39 bits per heavy atom. The largest absolute Gasteiger partial charge is 0.339 e. The van der Waals surface area contributed by atoms with Crippen molar-refractivity contribution in [3.8, 4) is 0 Å². The Hall–Kier alpha value is -2.37. The van der Waals surface area contributed by atoms with Gasteiger partial charge in [0.15, 0.2) is 5.82 Å². The number of anilines is 1. The third-order valence-electron chi connectivity index (χ3n) is 3.98. The number of carbonyl (C=O) groups excluding carboxylic acids is 1. The van der Waals surface area contributed by atoms with Gasteiger partial charge in [0, 0.05) is 31.1 Å². The second kappa shape index (κ2) is 6.81. The summed E-state index contributed by atoms with van der Waals surface area (Å²) in [5.41, 5.74) is 2.25. The molecule has 0 saturated carbocycles. The average molecular weight is 314 g/mol. The Balaban J connectivity index is 1.45. The number of benzene rings is 1. The lowest BCUT2D eigenvalue weighted by atomic mass is 10.2. The minimum Gasteiger partial charge on any atom is -0.339 e. The van der Waals surface area contributed by atoms with Crippen molar-refractivity contribution in [2.45, 2.75) is 39.0 Å². The first kappa shape index (κ1) is 15.5. The number of rotatable bonds is 5. The highest BCUT2D eigenvalue weighted by Crippen LogP contribution is 2.27. The molecule has 0 atom stereocenters. The van der Waals surface area contributed by atoms with Crippen molar-refractivity contribution in [3.05, 3.63) is 41.5 Å². The van der Waals surface area contributed by atoms with E-state index in [1.54, 1.807) is 4.90 Å². The third-order valence-corrected chi connectivity index (χ3v) is 3.98. The second-order valence-electron chi connectivity index (χ2n) is 6.07. The van der Waals surface area contributed by atoms with E-state index < -0.39 is 0 Å². The summed E-state index contributed by atoms with van der Waals surface area (Å²) in [6, 6.07) is 8.00. The number of carbonyl (C=O) groups is 1. The van der Waals surface area contributed by atoms with Crippen molar-refractivity contribution in [2.75, 3.05) is 18.0 Å². The number of nitrogens with zero attached hydrogens (tertiary/aromatic N) is 3. The Kier molecular flexibility index (Phi) is 4.60. The van der Waals surface area contributed by atoms with E-state index in [4.69, 9.17) is 4.52 Å². The lowest BCUT2D eigenvalue weighted by molar-refractivity contribution is 0.246. The van der Waals surface area contributed by atoms with Crippen LogP contribution in [0.5, 0.6) is 0 Å². The number of amides is 2. The first-order valence-corrected chi connectivity index (χ1v) is 8.11. The topological polar surface area (TPSA) is 71.3 Å². The molecule has 0 saturated heterocycles. The van der Waals surface area contributed by atoms with Crippen LogP contribution < -0.4 is 10.2 Å². The fourth-order valence-electron chi connectivity index (χ4n) is 2.68. The molecule has 0 aliphatic carbocycles. The van der Waals surface area contributed by atoms with Gasteiger partial charge in [0.25, 0.3) is 0 Å². The fraction of sp³-hybridized carbons (Fsp3) is 0.471. The maximum atomic E-state index is 12.3. The first-order chi connectivity index (χ1) is 11.1. The van der Waals surface area contributed by atoms with Crippen LogP contribution in [-0.4, -0.2) is 29.3 Å². The van der Waals surface area contributed by atoms with Gasteiger partial charge in [-0.3, -0.25) is 4.90 Å². The van der Waals surface area contributed by atoms with Crippen LogP contribution in [0.15, 0.2) is 28.8 Å². The van der Waals surface area contributed by atoms with E-state index in [9.17, 15) is 4.79 Å². The molecular weight excluding hydrogens is 292 g/mol. The molecule has 1 aromatic heterocycles. The van der Waals surface area contributed by atoms with Gasteiger partial charge in [-0.2, -0.15) is 4.98 Å². The molecule has 2 heterocycles. The van der Waals surface area contributed by atoms with E-state index in [-0.39, 0.29) is 11.9 Å². The van der Waals surface area contributed by atoms with E-state index in [2.05, 4.69) is 21.5 Å². The second-order valence-corrected chi connectivity index (χ2v) is 6.07. The van der Waals surface area contributed by atoms with Crippen LogP contribution in [0.2, 0.25) is 0 Å². The number of urea groups is 1. The zero-order chi connectivity index (χ0) is 16.2. The van der Waals surface area contributed by atoms with Crippen molar-refractivity contribution in [1.29, 1.82) is 0 Å². The maximum absolute atomic E-state index is 12.3. The third kappa shape index (κ3) is 3.52. The number of nitrogens with one attached hydrogen (secondary N) is 1. The van der Waals surface area contributed by atoms with Gasteiger partial charge < -0.3 is 9.84 Å². The molecule has 1 aliphatic heterocycles. The Morgan fingerprint density at radius 2 is 2.22 bits per heavy atom. The summed E-state index contributed by atoms with van der Waals surface area (Å²) in [6.45, 7) is 5.40. The summed E-state index contributed by atoms with van der Waals surface area (Å²) in [5, 5.41) is 6.90. The summed E-state index contributed by atoms with van der Waals surface area (Å²) in [5.74, 6) is 1.63. The zero-order valence-electron chi connectivity index (χ0n) is 13.6. The molecule has 0 unspecified atom stereocenters. The van der Waals surface area contributed by atoms with E-state index in [0.29, 0.717) is 18.9 Å². The van der Waals surface area contributed by atoms with Gasteiger partial charge >= 0.3 is 6.03 Å². The van der Waals surface area contributed by atoms with Gasteiger partial charge in [-0.1, -0.05) is 37.2 Å². The number of hydrogen-bond donors (Lipinski definition) is 1. The molecule has 0 fully saturated rings. The summed E-state index contributed by atoms with van der Waals surface area (Å²) >= 11 is 0. The molecule has 0 radical (unpaired) electrons. The van der Waals surface area contributed by atoms with E-state index in [1.807, 2.05) is 32.0 Å². The molecule has 122 valence electrons. The molecule has 2 amide bonds. The van der Waals surface area contributed by atoms with Gasteiger partial charge in [0.1, 0.15) is 0 Å². The van der Waals surface area contributed by atoms with Crippen LogP contribution >= 0.6 is 0 Å². The molecule has 1 N–H and O–H groups in total. The molecule has 6 nitrogen and oxygen atoms in total. The van der Waals surface area contributed by atoms with Crippen molar-refractivity contribution in [2.24, 2.45) is 0 Å². The molecule has 1 aliphatic rings. The predicted molar refractivity (Wildman–Crippen MR) is 87.6 cm³/mol. The standard InChI is InChI=1S/C17H22N4O2/c1-12(2)16-19-15(23-20-16)8-5-10-18-17(22)21-11-9-13-6-3-4-7-14(13)21/h3-4,6-7,12H,5,8-11H2,1-2H3,(H,18,22). The van der Waals surface area contributed by atoms with Crippen molar-refractivity contribution in [1.82, 2.24) is 15.5 Å². The molecule has 0 bridgehead atoms. The highest BCUT2D eigenvalue weighted by molar-refractivity contribution is 5.94. The SMILES string of the molecule is CC(C)c1noc(CCCNC(=O)N2CCc3ccccc32)n1. The van der Waals surface area contributed by atoms with E-state index in [0.717, 1.165) is 30.9 Å². The molecular formula is C17H22N4O2. The number of aryl methyl sites for hydroxylation is 1. The van der Waals surface area contributed by atoms with Gasteiger partial charge in [-0.15, -0.1) is 0 Å². The van der Waals surface area contributed by atoms with Gasteiger partial charge in [-0.25, -0.2) is 4.79 Å². The Morgan fingerprint density at radius 3 is 3.00 bits per heavy atom. The van der Waals surface area contributed by atoms with Gasteiger partial charge in [0.05, 0.1) is 0 Å². The highest BCUT2D eigenvalue weighted by atomic mass is 16.5. The Bertz CT molecular complexity index is 681. The van der Waals surface area contributed by atoms with Crippen LogP contribution in [0.3, 0.4) is 0 Å². The maximum Gasteiger partial charge on any atom is 0.321 e. The minimum atomic E-state index is -0.0386. The molecule has 6 heteroatoms. The highest BCUT2D eigenvalue weighted by Gasteiger charge is 2.23. The van der Waals surface area contributed by atoms with Gasteiger partial charge in [-0.05, 0) is 24.5 Å². The lowest BCUT2D eigenvalue weighted by Gasteiger charge is -2.17. The zero-order valence-corrected chi connectivity index (χ0v) is 13.6. The van der Waals surface area contributed by atoms with E-state index in [1.165, 1.54) is 5.56 Å². The molecule has 0 spiro atoms. The van der Waals surface area contributed by atoms with Crippen LogP contribution in [0, 0.1) is 0 Å². The summed E-state index contributed by atoms with van der Waals surface area (Å²) in [4.78, 5) is 18.4. The fourth-order valence-corrected chi connectivity index (χ4v) is 2.68. The normalized spacial score (nSPS) is 13.4. The number of hydrogen-bond acceptors (Lipinski definition) is 4. The van der Waals surface area contributed by atoms with Crippen molar-refractivity contribution >= 4 is 11.7 Å². The summed E-state index contributed by atoms with van der Waals surface area (Å²) < 4.78 is 5.20. The Labute approximate surface area is 135 Å². The number of aromatic nitrogens is 2. The van der Waals surface area contributed by atoms with Crippen molar-refractivity contribution in [3.63, 3.8) is 0 Å². The molecule has 1 aromatic carbocycles. The van der Waals surface area contributed by atoms with E-state index >= 15 is 0 Å². The first-order valence-electron chi connectivity index (χ1n) is 8.11. The van der Waals surface area contributed by atoms with Crippen LogP contribution in [0.25, 0.3) is 0 Å².